The normalized spacial score (nSPS) is 14.9. The third-order valence-corrected chi connectivity index (χ3v) is 9.23. The molecule has 0 fully saturated rings. The molecule has 1 atom stereocenters. The minimum atomic E-state index is -0.317. The fourth-order valence-corrected chi connectivity index (χ4v) is 7.03. The van der Waals surface area contributed by atoms with Gasteiger partial charge < -0.3 is 14.2 Å². The van der Waals surface area contributed by atoms with Gasteiger partial charge in [0, 0.05) is 44.4 Å². The Bertz CT molecular complexity index is 2770. The number of benzene rings is 6. The Morgan fingerprint density at radius 3 is 2.04 bits per heavy atom. The number of rotatable bonds is 4. The molecular weight excluding hydrogens is 592 g/mol. The van der Waals surface area contributed by atoms with Crippen LogP contribution in [-0.4, -0.2) is 16.7 Å². The molecule has 0 saturated heterocycles. The molecule has 0 saturated carbocycles. The molecule has 1 aliphatic heterocycles. The van der Waals surface area contributed by atoms with Gasteiger partial charge in [0.15, 0.2) is 11.4 Å². The van der Waals surface area contributed by atoms with E-state index in [4.69, 9.17) is 18.8 Å². The summed E-state index contributed by atoms with van der Waals surface area (Å²) in [7, 11) is 0. The first kappa shape index (κ1) is 26.7. The predicted molar refractivity (Wildman–Crippen MR) is 194 cm³/mol. The number of hydrogen-bond acceptors (Lipinski definition) is 6. The summed E-state index contributed by atoms with van der Waals surface area (Å²) in [5.41, 5.74) is 8.41. The van der Waals surface area contributed by atoms with Gasteiger partial charge in [0.25, 0.3) is 0 Å². The number of hydrogen-bond donors (Lipinski definition) is 1. The lowest BCUT2D eigenvalue weighted by Crippen LogP contribution is -2.33. The van der Waals surface area contributed by atoms with Crippen LogP contribution in [0.1, 0.15) is 22.9 Å². The molecule has 48 heavy (non-hydrogen) atoms. The van der Waals surface area contributed by atoms with Gasteiger partial charge in [-0.2, -0.15) is 0 Å². The number of nitrogens with one attached hydrogen (secondary N) is 1. The second kappa shape index (κ2) is 10.5. The molecule has 10 rings (SSSR count). The van der Waals surface area contributed by atoms with Crippen LogP contribution in [0.4, 0.5) is 0 Å². The highest BCUT2D eigenvalue weighted by Gasteiger charge is 2.24. The Morgan fingerprint density at radius 2 is 1.21 bits per heavy atom. The predicted octanol–water partition coefficient (Wildman–Crippen LogP) is 10.2. The van der Waals surface area contributed by atoms with Crippen LogP contribution in [0.5, 0.6) is 0 Å². The van der Waals surface area contributed by atoms with Gasteiger partial charge in [-0.25, -0.2) is 9.98 Å². The van der Waals surface area contributed by atoms with Crippen molar-refractivity contribution in [3.63, 3.8) is 0 Å². The number of nitrogens with zero attached hydrogens (tertiary/aromatic N) is 3. The first-order valence-electron chi connectivity index (χ1n) is 16.0. The number of para-hydroxylation sites is 2. The lowest BCUT2D eigenvalue weighted by molar-refractivity contribution is 0.667. The quantitative estimate of drug-likeness (QED) is 0.213. The second-order valence-electron chi connectivity index (χ2n) is 12.0. The molecule has 6 aromatic carbocycles. The molecule has 0 amide bonds. The highest BCUT2D eigenvalue weighted by Crippen LogP contribution is 2.39. The first-order chi connectivity index (χ1) is 23.8. The smallest absolute Gasteiger partial charge is 0.160 e. The first-order valence-corrected chi connectivity index (χ1v) is 16.0. The van der Waals surface area contributed by atoms with Crippen LogP contribution in [0, 0.1) is 0 Å². The molecular formula is C42H26N4O2. The Labute approximate surface area is 274 Å². The molecule has 3 aromatic heterocycles. The van der Waals surface area contributed by atoms with Crippen LogP contribution in [0.25, 0.3) is 65.8 Å². The van der Waals surface area contributed by atoms with Crippen LogP contribution in [0.3, 0.4) is 0 Å². The van der Waals surface area contributed by atoms with Crippen molar-refractivity contribution in [1.82, 2.24) is 10.3 Å². The van der Waals surface area contributed by atoms with E-state index < -0.39 is 0 Å². The van der Waals surface area contributed by atoms with Crippen molar-refractivity contribution in [1.29, 1.82) is 0 Å². The van der Waals surface area contributed by atoms with Gasteiger partial charge >= 0.3 is 0 Å². The van der Waals surface area contributed by atoms with Crippen LogP contribution in [-0.2, 0) is 0 Å². The van der Waals surface area contributed by atoms with Gasteiger partial charge in [-0.05, 0) is 46.2 Å². The molecule has 1 unspecified atom stereocenters. The summed E-state index contributed by atoms with van der Waals surface area (Å²) in [6.45, 7) is 0. The van der Waals surface area contributed by atoms with Crippen LogP contribution in [0.15, 0.2) is 165 Å². The highest BCUT2D eigenvalue weighted by atomic mass is 16.3. The average Bonchev–Trinajstić information content (AvgIpc) is 3.73. The van der Waals surface area contributed by atoms with E-state index in [9.17, 15) is 0 Å². The Balaban J connectivity index is 1.13. The number of pyridine rings is 1. The summed E-state index contributed by atoms with van der Waals surface area (Å²) < 4.78 is 12.4. The summed E-state index contributed by atoms with van der Waals surface area (Å²) in [5.74, 6) is 1.42. The molecule has 9 aromatic rings. The molecule has 1 N–H and O–H groups in total. The molecule has 6 nitrogen and oxygen atoms in total. The largest absolute Gasteiger partial charge is 0.456 e. The third-order valence-electron chi connectivity index (χ3n) is 9.23. The summed E-state index contributed by atoms with van der Waals surface area (Å²) >= 11 is 0. The summed E-state index contributed by atoms with van der Waals surface area (Å²) in [6, 6.07) is 45.6. The van der Waals surface area contributed by atoms with E-state index in [0.717, 1.165) is 88.3 Å². The van der Waals surface area contributed by atoms with Crippen LogP contribution >= 0.6 is 0 Å². The Kier molecular flexibility index (Phi) is 5.84. The monoisotopic (exact) mass is 618 g/mol. The second-order valence-corrected chi connectivity index (χ2v) is 12.0. The fraction of sp³-hybridized carbons (Fsp3) is 0.0238. The minimum absolute atomic E-state index is 0.317. The lowest BCUT2D eigenvalue weighted by Gasteiger charge is -2.24. The van der Waals surface area contributed by atoms with Crippen molar-refractivity contribution in [2.75, 3.05) is 0 Å². The Morgan fingerprint density at radius 1 is 0.521 bits per heavy atom. The van der Waals surface area contributed by atoms with Crippen molar-refractivity contribution >= 4 is 66.3 Å². The van der Waals surface area contributed by atoms with E-state index in [1.54, 1.807) is 6.20 Å². The van der Waals surface area contributed by atoms with E-state index in [2.05, 4.69) is 77.0 Å². The summed E-state index contributed by atoms with van der Waals surface area (Å²) in [6.07, 6.45) is 3.42. The van der Waals surface area contributed by atoms with Gasteiger partial charge in [-0.15, -0.1) is 0 Å². The summed E-state index contributed by atoms with van der Waals surface area (Å²) in [5, 5.41) is 10.1. The van der Waals surface area contributed by atoms with E-state index in [1.807, 2.05) is 72.9 Å². The maximum Gasteiger partial charge on any atom is 0.160 e. The van der Waals surface area contributed by atoms with Gasteiger partial charge in [-0.3, -0.25) is 4.98 Å². The fourth-order valence-electron chi connectivity index (χ4n) is 7.03. The molecule has 0 spiro atoms. The number of fused-ring (bicyclic) bond motifs is 7. The lowest BCUT2D eigenvalue weighted by atomic mass is 9.95. The number of aliphatic imine (C=N–C) groups is 2. The number of aromatic nitrogens is 1. The van der Waals surface area contributed by atoms with E-state index in [0.29, 0.717) is 5.84 Å². The van der Waals surface area contributed by atoms with Gasteiger partial charge in [0.2, 0.25) is 0 Å². The zero-order chi connectivity index (χ0) is 31.6. The zero-order valence-electron chi connectivity index (χ0n) is 25.6. The molecule has 1 aliphatic rings. The molecule has 0 radical (unpaired) electrons. The van der Waals surface area contributed by atoms with Crippen LogP contribution in [0.2, 0.25) is 0 Å². The highest BCUT2D eigenvalue weighted by molar-refractivity contribution is 6.22. The van der Waals surface area contributed by atoms with E-state index in [1.165, 1.54) is 0 Å². The molecule has 0 bridgehead atoms. The summed E-state index contributed by atoms with van der Waals surface area (Å²) in [4.78, 5) is 14.9. The number of furan rings is 2. The van der Waals surface area contributed by atoms with Crippen molar-refractivity contribution in [3.05, 3.63) is 163 Å². The van der Waals surface area contributed by atoms with Crippen LogP contribution < -0.4 is 5.32 Å². The molecule has 6 heteroatoms. The zero-order valence-corrected chi connectivity index (χ0v) is 25.6. The van der Waals surface area contributed by atoms with Crippen molar-refractivity contribution in [3.8, 4) is 11.1 Å². The van der Waals surface area contributed by atoms with Gasteiger partial charge in [0.05, 0.1) is 6.20 Å². The maximum atomic E-state index is 6.22. The van der Waals surface area contributed by atoms with E-state index in [-0.39, 0.29) is 6.17 Å². The van der Waals surface area contributed by atoms with Crippen molar-refractivity contribution in [2.45, 2.75) is 6.17 Å². The molecule has 0 aliphatic carbocycles. The number of amidine groups is 2. The maximum absolute atomic E-state index is 6.22. The standard InChI is InChI=1S/C42H26N4O2/c1-2-10-25(11-3-1)40-44-41(46-42(45-40)32-16-9-19-36-38(32)30-13-4-6-17-34(30)47-36)27-20-21-28-26(22-27)12-8-15-29(28)33-23-43-24-37-39(33)31-14-5-7-18-35(31)48-37/h1-24,40H,(H,44,45,46). The Hall–Kier alpha value is -6.53. The third kappa shape index (κ3) is 4.16. The van der Waals surface area contributed by atoms with Gasteiger partial charge in [0.1, 0.15) is 28.8 Å². The van der Waals surface area contributed by atoms with Gasteiger partial charge in [-0.1, -0.05) is 109 Å². The molecule has 226 valence electrons. The topological polar surface area (TPSA) is 75.9 Å². The average molecular weight is 619 g/mol. The van der Waals surface area contributed by atoms with E-state index >= 15 is 0 Å². The SMILES string of the molecule is c1ccc(C2N=C(c3cccc4oc5ccccc5c34)N=C(c3ccc4c(-c5cncc6oc7ccccc7c56)cccc4c3)N2)cc1. The van der Waals surface area contributed by atoms with Crippen molar-refractivity contribution < 1.29 is 8.83 Å². The minimum Gasteiger partial charge on any atom is -0.456 e. The van der Waals surface area contributed by atoms with Crippen molar-refractivity contribution in [2.24, 2.45) is 9.98 Å². The molecule has 4 heterocycles.